The molecule has 0 amide bonds. The first-order chi connectivity index (χ1) is 7.02. The molecule has 4 nitrogen and oxygen atoms in total. The van der Waals surface area contributed by atoms with Crippen molar-refractivity contribution in [2.24, 2.45) is 0 Å². The molecule has 1 aromatic rings. The zero-order chi connectivity index (χ0) is 11.4. The Morgan fingerprint density at radius 1 is 1.27 bits per heavy atom. The van der Waals surface area contributed by atoms with Gasteiger partial charge in [-0.05, 0) is 18.1 Å². The molecule has 0 fully saturated rings. The average Bonchev–Trinajstić information content (AvgIpc) is 2.15. The fourth-order valence-corrected chi connectivity index (χ4v) is 1.38. The van der Waals surface area contributed by atoms with E-state index in [1.54, 1.807) is 24.3 Å². The van der Waals surface area contributed by atoms with Gasteiger partial charge in [-0.2, -0.15) is 0 Å². The van der Waals surface area contributed by atoms with Gasteiger partial charge in [-0.1, -0.05) is 24.3 Å². The number of carboxylic acids is 2. The van der Waals surface area contributed by atoms with Gasteiger partial charge in [-0.15, -0.1) is 0 Å². The number of hydrogen-bond donors (Lipinski definition) is 2. The summed E-state index contributed by atoms with van der Waals surface area (Å²) in [4.78, 5) is 21.4. The molecule has 0 aliphatic carbocycles. The average molecular weight is 207 g/mol. The zero-order valence-electron chi connectivity index (χ0n) is 8.01. The number of benzene rings is 1. The van der Waals surface area contributed by atoms with Crippen molar-refractivity contribution in [1.29, 1.82) is 0 Å². The van der Waals surface area contributed by atoms with E-state index in [1.165, 1.54) is 0 Å². The molecule has 79 valence electrons. The molecular weight excluding hydrogens is 196 g/mol. The molecule has 0 aliphatic heterocycles. The van der Waals surface area contributed by atoms with Crippen molar-refractivity contribution < 1.29 is 19.8 Å². The SMILES string of the molecule is [CH2]c1ccccc1C(CC(=O)O)C(=O)O. The Hall–Kier alpha value is -1.84. The summed E-state index contributed by atoms with van der Waals surface area (Å²) < 4.78 is 0. The topological polar surface area (TPSA) is 74.6 Å². The van der Waals surface area contributed by atoms with Crippen LogP contribution in [0.15, 0.2) is 24.3 Å². The van der Waals surface area contributed by atoms with Crippen LogP contribution in [0.3, 0.4) is 0 Å². The third kappa shape index (κ3) is 2.80. The highest BCUT2D eigenvalue weighted by atomic mass is 16.4. The van der Waals surface area contributed by atoms with Gasteiger partial charge in [0, 0.05) is 0 Å². The van der Waals surface area contributed by atoms with Crippen molar-refractivity contribution in [3.63, 3.8) is 0 Å². The summed E-state index contributed by atoms with van der Waals surface area (Å²) in [6.45, 7) is 3.67. The molecule has 4 heteroatoms. The van der Waals surface area contributed by atoms with Crippen LogP contribution in [0, 0.1) is 6.92 Å². The Balaban J connectivity index is 3.04. The molecule has 1 radical (unpaired) electrons. The highest BCUT2D eigenvalue weighted by Crippen LogP contribution is 2.23. The number of hydrogen-bond acceptors (Lipinski definition) is 2. The molecule has 0 saturated carbocycles. The van der Waals surface area contributed by atoms with Gasteiger partial charge in [-0.3, -0.25) is 9.59 Å². The third-order valence-corrected chi connectivity index (χ3v) is 2.11. The van der Waals surface area contributed by atoms with Crippen LogP contribution < -0.4 is 0 Å². The Kier molecular flexibility index (Phi) is 3.44. The largest absolute Gasteiger partial charge is 0.481 e. The van der Waals surface area contributed by atoms with Crippen LogP contribution in [0.2, 0.25) is 0 Å². The Bertz CT molecular complexity index is 384. The molecule has 0 aromatic heterocycles. The summed E-state index contributed by atoms with van der Waals surface area (Å²) in [5.74, 6) is -3.31. The van der Waals surface area contributed by atoms with Crippen LogP contribution in [0.4, 0.5) is 0 Å². The molecule has 15 heavy (non-hydrogen) atoms. The smallest absolute Gasteiger partial charge is 0.311 e. The molecular formula is C11H11O4. The van der Waals surface area contributed by atoms with E-state index >= 15 is 0 Å². The zero-order valence-corrected chi connectivity index (χ0v) is 8.01. The van der Waals surface area contributed by atoms with E-state index in [1.807, 2.05) is 0 Å². The highest BCUT2D eigenvalue weighted by Gasteiger charge is 2.24. The minimum absolute atomic E-state index is 0.429. The third-order valence-electron chi connectivity index (χ3n) is 2.11. The van der Waals surface area contributed by atoms with Crippen molar-refractivity contribution in [3.05, 3.63) is 42.3 Å². The maximum atomic E-state index is 10.9. The quantitative estimate of drug-likeness (QED) is 0.784. The van der Waals surface area contributed by atoms with E-state index < -0.39 is 24.3 Å². The number of aliphatic carboxylic acids is 2. The van der Waals surface area contributed by atoms with Gasteiger partial charge in [0.1, 0.15) is 0 Å². The van der Waals surface area contributed by atoms with Crippen LogP contribution >= 0.6 is 0 Å². The van der Waals surface area contributed by atoms with Gasteiger partial charge in [0.2, 0.25) is 0 Å². The molecule has 2 N–H and O–H groups in total. The van der Waals surface area contributed by atoms with Crippen LogP contribution in [-0.2, 0) is 9.59 Å². The molecule has 1 rings (SSSR count). The minimum Gasteiger partial charge on any atom is -0.481 e. The van der Waals surface area contributed by atoms with Gasteiger partial charge >= 0.3 is 11.9 Å². The second-order valence-electron chi connectivity index (χ2n) is 3.19. The first-order valence-corrected chi connectivity index (χ1v) is 4.38. The predicted octanol–water partition coefficient (Wildman–Crippen LogP) is 1.51. The van der Waals surface area contributed by atoms with Gasteiger partial charge in [0.05, 0.1) is 12.3 Å². The summed E-state index contributed by atoms with van der Waals surface area (Å²) in [5.41, 5.74) is 0.999. The summed E-state index contributed by atoms with van der Waals surface area (Å²) in [6, 6.07) is 6.64. The molecule has 1 aromatic carbocycles. The second-order valence-corrected chi connectivity index (χ2v) is 3.19. The van der Waals surface area contributed by atoms with Gasteiger partial charge in [0.15, 0.2) is 0 Å². The Labute approximate surface area is 87.2 Å². The lowest BCUT2D eigenvalue weighted by Crippen LogP contribution is -2.16. The summed E-state index contributed by atoms with van der Waals surface area (Å²) in [7, 11) is 0. The van der Waals surface area contributed by atoms with Crippen LogP contribution in [0.1, 0.15) is 23.5 Å². The summed E-state index contributed by atoms with van der Waals surface area (Å²) >= 11 is 0. The maximum Gasteiger partial charge on any atom is 0.311 e. The van der Waals surface area contributed by atoms with E-state index in [0.29, 0.717) is 11.1 Å². The fraction of sp³-hybridized carbons (Fsp3) is 0.182. The van der Waals surface area contributed by atoms with E-state index in [4.69, 9.17) is 10.2 Å². The molecule has 0 spiro atoms. The van der Waals surface area contributed by atoms with E-state index in [-0.39, 0.29) is 0 Å². The molecule has 0 saturated heterocycles. The molecule has 1 atom stereocenters. The van der Waals surface area contributed by atoms with Crippen molar-refractivity contribution >= 4 is 11.9 Å². The van der Waals surface area contributed by atoms with E-state index in [0.717, 1.165) is 0 Å². The van der Waals surface area contributed by atoms with E-state index in [2.05, 4.69) is 6.92 Å². The van der Waals surface area contributed by atoms with Crippen molar-refractivity contribution in [3.8, 4) is 0 Å². The van der Waals surface area contributed by atoms with Crippen molar-refractivity contribution in [1.82, 2.24) is 0 Å². The van der Waals surface area contributed by atoms with Crippen molar-refractivity contribution in [2.75, 3.05) is 0 Å². The lowest BCUT2D eigenvalue weighted by molar-refractivity contribution is -0.145. The Morgan fingerprint density at radius 2 is 1.87 bits per heavy atom. The lowest BCUT2D eigenvalue weighted by atomic mass is 9.92. The standard InChI is InChI=1S/C11H11O4/c1-7-4-2-3-5-8(7)9(11(14)15)6-10(12)13/h2-5,9H,1,6H2,(H,12,13)(H,14,15). The highest BCUT2D eigenvalue weighted by molar-refractivity contribution is 5.82. The van der Waals surface area contributed by atoms with Gasteiger partial charge < -0.3 is 10.2 Å². The van der Waals surface area contributed by atoms with Gasteiger partial charge in [0.25, 0.3) is 0 Å². The number of rotatable bonds is 4. The molecule has 0 bridgehead atoms. The predicted molar refractivity (Wildman–Crippen MR) is 53.5 cm³/mol. The second kappa shape index (κ2) is 4.59. The van der Waals surface area contributed by atoms with E-state index in [9.17, 15) is 9.59 Å². The summed E-state index contributed by atoms with van der Waals surface area (Å²) in [5, 5.41) is 17.5. The molecule has 1 unspecified atom stereocenters. The summed E-state index contributed by atoms with van der Waals surface area (Å²) in [6.07, 6.45) is -0.429. The van der Waals surface area contributed by atoms with Crippen molar-refractivity contribution in [2.45, 2.75) is 12.3 Å². The number of carboxylic acid groups (broad SMARTS) is 2. The van der Waals surface area contributed by atoms with Gasteiger partial charge in [-0.25, -0.2) is 0 Å². The fourth-order valence-electron chi connectivity index (χ4n) is 1.38. The number of carbonyl (C=O) groups is 2. The molecule has 0 heterocycles. The first-order valence-electron chi connectivity index (χ1n) is 4.38. The Morgan fingerprint density at radius 3 is 2.33 bits per heavy atom. The normalized spacial score (nSPS) is 12.1. The molecule has 0 aliphatic rings. The van der Waals surface area contributed by atoms with Crippen LogP contribution in [0.5, 0.6) is 0 Å². The monoisotopic (exact) mass is 207 g/mol. The minimum atomic E-state index is -1.14. The van der Waals surface area contributed by atoms with Crippen LogP contribution in [0.25, 0.3) is 0 Å². The first kappa shape index (κ1) is 11.2. The maximum absolute atomic E-state index is 10.9. The van der Waals surface area contributed by atoms with Crippen LogP contribution in [-0.4, -0.2) is 22.2 Å². The lowest BCUT2D eigenvalue weighted by Gasteiger charge is -2.12.